The molecule has 1 N–H and O–H groups in total. The maximum absolute atomic E-state index is 12.1. The largest absolute Gasteiger partial charge is 0.508 e. The number of carbonyl (C=O) groups excluding carboxylic acids is 1. The van der Waals surface area contributed by atoms with Crippen molar-refractivity contribution in [3.05, 3.63) is 42.0 Å². The molecule has 3 heteroatoms. The van der Waals surface area contributed by atoms with Crippen molar-refractivity contribution in [2.24, 2.45) is 0 Å². The summed E-state index contributed by atoms with van der Waals surface area (Å²) in [6.45, 7) is 11.3. The molecule has 0 aromatic heterocycles. The third-order valence-corrected chi connectivity index (χ3v) is 3.20. The van der Waals surface area contributed by atoms with Crippen molar-refractivity contribution in [3.8, 4) is 5.75 Å². The van der Waals surface area contributed by atoms with Crippen LogP contribution >= 0.6 is 0 Å². The van der Waals surface area contributed by atoms with E-state index < -0.39 is 11.6 Å². The highest BCUT2D eigenvalue weighted by molar-refractivity contribution is 5.90. The van der Waals surface area contributed by atoms with Gasteiger partial charge in [-0.15, -0.1) is 0 Å². The molecule has 0 bridgehead atoms. The van der Waals surface area contributed by atoms with E-state index in [1.807, 2.05) is 0 Å². The van der Waals surface area contributed by atoms with E-state index in [9.17, 15) is 9.90 Å². The van der Waals surface area contributed by atoms with E-state index in [4.69, 9.17) is 4.74 Å². The van der Waals surface area contributed by atoms with E-state index in [0.717, 1.165) is 12.0 Å². The number of rotatable bonds is 5. The molecule has 1 aromatic carbocycles. The predicted octanol–water partition coefficient (Wildman–Crippen LogP) is 4.03. The summed E-state index contributed by atoms with van der Waals surface area (Å²) in [6.07, 6.45) is 2.51. The van der Waals surface area contributed by atoms with Gasteiger partial charge in [0.15, 0.2) is 0 Å². The fraction of sp³-hybridized carbons (Fsp3) is 0.438. The zero-order valence-corrected chi connectivity index (χ0v) is 12.1. The SMILES string of the molecule is C=CC(C)(C)OC(=O)c1cc(O)cc(C(C)CC)c1. The van der Waals surface area contributed by atoms with Crippen molar-refractivity contribution in [3.63, 3.8) is 0 Å². The number of hydrogen-bond donors (Lipinski definition) is 1. The molecule has 3 nitrogen and oxygen atoms in total. The minimum atomic E-state index is -0.723. The highest BCUT2D eigenvalue weighted by Gasteiger charge is 2.21. The molecule has 1 unspecified atom stereocenters. The summed E-state index contributed by atoms with van der Waals surface area (Å²) >= 11 is 0. The lowest BCUT2D eigenvalue weighted by molar-refractivity contribution is 0.0174. The maximum Gasteiger partial charge on any atom is 0.339 e. The normalized spacial score (nSPS) is 12.8. The van der Waals surface area contributed by atoms with Gasteiger partial charge >= 0.3 is 5.97 Å². The van der Waals surface area contributed by atoms with Crippen molar-refractivity contribution < 1.29 is 14.6 Å². The molecule has 19 heavy (non-hydrogen) atoms. The van der Waals surface area contributed by atoms with Crippen molar-refractivity contribution in [2.75, 3.05) is 0 Å². The van der Waals surface area contributed by atoms with E-state index in [1.165, 1.54) is 6.07 Å². The average molecular weight is 262 g/mol. The fourth-order valence-electron chi connectivity index (χ4n) is 1.61. The smallest absolute Gasteiger partial charge is 0.339 e. The predicted molar refractivity (Wildman–Crippen MR) is 76.5 cm³/mol. The third-order valence-electron chi connectivity index (χ3n) is 3.20. The Morgan fingerprint density at radius 2 is 2.11 bits per heavy atom. The molecule has 0 amide bonds. The Balaban J connectivity index is 3.04. The molecular weight excluding hydrogens is 240 g/mol. The van der Waals surface area contributed by atoms with Gasteiger partial charge in [-0.25, -0.2) is 4.79 Å². The number of esters is 1. The van der Waals surface area contributed by atoms with Crippen LogP contribution in [-0.4, -0.2) is 16.7 Å². The summed E-state index contributed by atoms with van der Waals surface area (Å²) in [7, 11) is 0. The van der Waals surface area contributed by atoms with Gasteiger partial charge in [0.05, 0.1) is 5.56 Å². The van der Waals surface area contributed by atoms with E-state index in [0.29, 0.717) is 5.56 Å². The Labute approximate surface area is 114 Å². The lowest BCUT2D eigenvalue weighted by Gasteiger charge is -2.21. The first-order chi connectivity index (χ1) is 8.79. The Morgan fingerprint density at radius 3 is 2.63 bits per heavy atom. The van der Waals surface area contributed by atoms with Crippen molar-refractivity contribution >= 4 is 5.97 Å². The monoisotopic (exact) mass is 262 g/mol. The fourth-order valence-corrected chi connectivity index (χ4v) is 1.61. The summed E-state index contributed by atoms with van der Waals surface area (Å²) < 4.78 is 5.33. The summed E-state index contributed by atoms with van der Waals surface area (Å²) in [5.74, 6) is -0.0856. The van der Waals surface area contributed by atoms with Crippen molar-refractivity contribution in [1.82, 2.24) is 0 Å². The van der Waals surface area contributed by atoms with Crippen LogP contribution in [0.25, 0.3) is 0 Å². The second kappa shape index (κ2) is 5.91. The van der Waals surface area contributed by atoms with Gasteiger partial charge in [0.25, 0.3) is 0 Å². The van der Waals surface area contributed by atoms with E-state index in [2.05, 4.69) is 20.4 Å². The Kier molecular flexibility index (Phi) is 4.76. The average Bonchev–Trinajstić information content (AvgIpc) is 2.36. The molecule has 0 saturated heterocycles. The standard InChI is InChI=1S/C16H22O3/c1-6-11(3)12-8-13(10-14(17)9-12)15(18)19-16(4,5)7-2/h7-11,17H,2,6H2,1,3-5H3. The first-order valence-corrected chi connectivity index (χ1v) is 6.50. The minimum absolute atomic E-state index is 0.0844. The van der Waals surface area contributed by atoms with Gasteiger partial charge < -0.3 is 9.84 Å². The Morgan fingerprint density at radius 1 is 1.47 bits per heavy atom. The van der Waals surface area contributed by atoms with Crippen LogP contribution in [0, 0.1) is 0 Å². The van der Waals surface area contributed by atoms with Crippen LogP contribution < -0.4 is 0 Å². The number of carbonyl (C=O) groups is 1. The van der Waals surface area contributed by atoms with Crippen LogP contribution in [-0.2, 0) is 4.74 Å². The minimum Gasteiger partial charge on any atom is -0.508 e. The Hall–Kier alpha value is -1.77. The molecule has 0 heterocycles. The van der Waals surface area contributed by atoms with Gasteiger partial charge in [-0.1, -0.05) is 20.4 Å². The molecule has 1 atom stereocenters. The number of phenols is 1. The molecule has 0 radical (unpaired) electrons. The molecule has 0 aliphatic carbocycles. The highest BCUT2D eigenvalue weighted by Crippen LogP contribution is 2.26. The van der Waals surface area contributed by atoms with Crippen LogP contribution in [0.4, 0.5) is 0 Å². The molecule has 0 saturated carbocycles. The van der Waals surface area contributed by atoms with Crippen LogP contribution in [0.15, 0.2) is 30.9 Å². The second-order valence-corrected chi connectivity index (χ2v) is 5.32. The van der Waals surface area contributed by atoms with Gasteiger partial charge in [-0.05, 0) is 56.0 Å². The quantitative estimate of drug-likeness (QED) is 0.643. The molecule has 0 aliphatic rings. The lowest BCUT2D eigenvalue weighted by atomic mass is 9.96. The summed E-state index contributed by atoms with van der Waals surface area (Å²) in [4.78, 5) is 12.1. The second-order valence-electron chi connectivity index (χ2n) is 5.32. The summed E-state index contributed by atoms with van der Waals surface area (Å²) in [5.41, 5.74) is 0.579. The zero-order valence-electron chi connectivity index (χ0n) is 12.1. The van der Waals surface area contributed by atoms with Crippen LogP contribution in [0.5, 0.6) is 5.75 Å². The van der Waals surface area contributed by atoms with Gasteiger partial charge in [-0.2, -0.15) is 0 Å². The van der Waals surface area contributed by atoms with Crippen LogP contribution in [0.3, 0.4) is 0 Å². The van der Waals surface area contributed by atoms with Gasteiger partial charge in [-0.3, -0.25) is 0 Å². The van der Waals surface area contributed by atoms with Gasteiger partial charge in [0.2, 0.25) is 0 Å². The number of benzene rings is 1. The third kappa shape index (κ3) is 4.12. The van der Waals surface area contributed by atoms with Gasteiger partial charge in [0, 0.05) is 0 Å². The topological polar surface area (TPSA) is 46.5 Å². The summed E-state index contributed by atoms with van der Waals surface area (Å²) in [5, 5.41) is 9.71. The van der Waals surface area contributed by atoms with Crippen molar-refractivity contribution in [2.45, 2.75) is 45.6 Å². The highest BCUT2D eigenvalue weighted by atomic mass is 16.6. The molecular formula is C16H22O3. The Bertz CT molecular complexity index is 475. The number of aromatic hydroxyl groups is 1. The first-order valence-electron chi connectivity index (χ1n) is 6.50. The van der Waals surface area contributed by atoms with Crippen LogP contribution in [0.1, 0.15) is 56.0 Å². The molecule has 1 rings (SSSR count). The number of hydrogen-bond acceptors (Lipinski definition) is 3. The first kappa shape index (κ1) is 15.3. The molecule has 0 aliphatic heterocycles. The van der Waals surface area contributed by atoms with Crippen molar-refractivity contribution in [1.29, 1.82) is 0 Å². The molecule has 1 aromatic rings. The van der Waals surface area contributed by atoms with E-state index >= 15 is 0 Å². The maximum atomic E-state index is 12.1. The summed E-state index contributed by atoms with van der Waals surface area (Å²) in [6, 6.07) is 4.88. The number of ether oxygens (including phenoxy) is 1. The van der Waals surface area contributed by atoms with Crippen LogP contribution in [0.2, 0.25) is 0 Å². The zero-order chi connectivity index (χ0) is 14.6. The molecule has 104 valence electrons. The van der Waals surface area contributed by atoms with E-state index in [1.54, 1.807) is 32.1 Å². The van der Waals surface area contributed by atoms with Gasteiger partial charge in [0.1, 0.15) is 11.4 Å². The number of phenolic OH excluding ortho intramolecular Hbond substituents is 1. The molecule has 0 spiro atoms. The lowest BCUT2D eigenvalue weighted by Crippen LogP contribution is -2.25. The van der Waals surface area contributed by atoms with E-state index in [-0.39, 0.29) is 11.7 Å². The molecule has 0 fully saturated rings.